The molecular weight excluding hydrogens is 196 g/mol. The number of nitrogens with one attached hydrogen (secondary N) is 1. The summed E-state index contributed by atoms with van der Waals surface area (Å²) in [5, 5.41) is 3.18. The van der Waals surface area contributed by atoms with Gasteiger partial charge in [0.05, 0.1) is 6.04 Å². The maximum Gasteiger partial charge on any atom is 0.238 e. The van der Waals surface area contributed by atoms with Crippen molar-refractivity contribution in [1.29, 1.82) is 0 Å². The highest BCUT2D eigenvalue weighted by Gasteiger charge is 2.12. The highest BCUT2D eigenvalue weighted by Crippen LogP contribution is 1.98. The van der Waals surface area contributed by atoms with Crippen LogP contribution in [0.4, 0.5) is 0 Å². The van der Waals surface area contributed by atoms with Crippen LogP contribution >= 0.6 is 11.8 Å². The van der Waals surface area contributed by atoms with Gasteiger partial charge >= 0.3 is 0 Å². The van der Waals surface area contributed by atoms with E-state index in [9.17, 15) is 4.79 Å². The molecule has 0 fully saturated rings. The van der Waals surface area contributed by atoms with Crippen LogP contribution in [0.5, 0.6) is 0 Å². The summed E-state index contributed by atoms with van der Waals surface area (Å²) >= 11 is 1.81. The van der Waals surface area contributed by atoms with Crippen molar-refractivity contribution in [3.05, 3.63) is 12.7 Å². The van der Waals surface area contributed by atoms with E-state index in [2.05, 4.69) is 11.9 Å². The van der Waals surface area contributed by atoms with Crippen molar-refractivity contribution < 1.29 is 4.79 Å². The zero-order valence-corrected chi connectivity index (χ0v) is 10.1. The number of thioether (sulfide) groups is 1. The molecule has 0 aliphatic carbocycles. The third kappa shape index (κ3) is 6.05. The summed E-state index contributed by atoms with van der Waals surface area (Å²) in [4.78, 5) is 13.0. The van der Waals surface area contributed by atoms with Crippen molar-refractivity contribution in [3.8, 4) is 0 Å². The Balaban J connectivity index is 3.48. The molecule has 0 aromatic heterocycles. The Morgan fingerprint density at radius 1 is 1.64 bits per heavy atom. The van der Waals surface area contributed by atoms with Gasteiger partial charge in [0.25, 0.3) is 0 Å². The van der Waals surface area contributed by atoms with E-state index in [4.69, 9.17) is 0 Å². The summed E-state index contributed by atoms with van der Waals surface area (Å²) < 4.78 is 0. The fraction of sp³-hybridized carbons (Fsp3) is 0.700. The average Bonchev–Trinajstić information content (AvgIpc) is 2.16. The van der Waals surface area contributed by atoms with Crippen molar-refractivity contribution in [2.24, 2.45) is 0 Å². The van der Waals surface area contributed by atoms with Crippen LogP contribution in [0.2, 0.25) is 0 Å². The smallest absolute Gasteiger partial charge is 0.238 e. The van der Waals surface area contributed by atoms with E-state index in [-0.39, 0.29) is 11.9 Å². The van der Waals surface area contributed by atoms with Crippen LogP contribution in [0.25, 0.3) is 0 Å². The topological polar surface area (TPSA) is 32.3 Å². The normalized spacial score (nSPS) is 12.2. The summed E-state index contributed by atoms with van der Waals surface area (Å²) in [6, 6.07) is -0.0886. The fourth-order valence-corrected chi connectivity index (χ4v) is 1.58. The minimum atomic E-state index is -0.0886. The van der Waals surface area contributed by atoms with E-state index in [0.717, 1.165) is 18.1 Å². The summed E-state index contributed by atoms with van der Waals surface area (Å²) in [5.41, 5.74) is 0. The quantitative estimate of drug-likeness (QED) is 0.508. The zero-order valence-electron chi connectivity index (χ0n) is 9.25. The molecule has 3 nitrogen and oxygen atoms in total. The lowest BCUT2D eigenvalue weighted by Crippen LogP contribution is -2.42. The molecule has 1 unspecified atom stereocenters. The predicted octanol–water partition coefficient (Wildman–Crippen LogP) is 0.972. The number of amides is 1. The van der Waals surface area contributed by atoms with Crippen molar-refractivity contribution in [1.82, 2.24) is 10.2 Å². The van der Waals surface area contributed by atoms with Crippen molar-refractivity contribution >= 4 is 17.7 Å². The van der Waals surface area contributed by atoms with Gasteiger partial charge < -0.3 is 10.2 Å². The average molecular weight is 216 g/mol. The Morgan fingerprint density at radius 3 is 2.79 bits per heavy atom. The first-order valence-electron chi connectivity index (χ1n) is 4.72. The lowest BCUT2D eigenvalue weighted by Gasteiger charge is -2.17. The summed E-state index contributed by atoms with van der Waals surface area (Å²) in [5.74, 6) is 2.10. The molecule has 82 valence electrons. The third-order valence-corrected chi connectivity index (χ3v) is 2.71. The second kappa shape index (κ2) is 7.88. The van der Waals surface area contributed by atoms with Gasteiger partial charge in [-0.15, -0.1) is 6.58 Å². The van der Waals surface area contributed by atoms with Gasteiger partial charge in [-0.2, -0.15) is 11.8 Å². The fourth-order valence-electron chi connectivity index (χ4n) is 0.989. The molecule has 0 aromatic rings. The molecule has 1 N–H and O–H groups in total. The molecule has 0 radical (unpaired) electrons. The van der Waals surface area contributed by atoms with Crippen molar-refractivity contribution in [3.63, 3.8) is 0 Å². The monoisotopic (exact) mass is 216 g/mol. The molecule has 0 aromatic carbocycles. The molecule has 1 amide bonds. The molecule has 1 atom stereocenters. The van der Waals surface area contributed by atoms with Gasteiger partial charge in [-0.05, 0) is 6.92 Å². The van der Waals surface area contributed by atoms with E-state index in [0.29, 0.717) is 0 Å². The van der Waals surface area contributed by atoms with E-state index in [1.54, 1.807) is 19.0 Å². The molecule has 0 rings (SSSR count). The second-order valence-electron chi connectivity index (χ2n) is 3.27. The van der Waals surface area contributed by atoms with Crippen LogP contribution in [0.15, 0.2) is 12.7 Å². The molecule has 0 bridgehead atoms. The maximum absolute atomic E-state index is 11.4. The van der Waals surface area contributed by atoms with Crippen LogP contribution in [0, 0.1) is 0 Å². The molecule has 0 saturated heterocycles. The Morgan fingerprint density at radius 2 is 2.29 bits per heavy atom. The molecular formula is C10H20N2OS. The van der Waals surface area contributed by atoms with E-state index in [1.165, 1.54) is 0 Å². The molecule has 0 heterocycles. The van der Waals surface area contributed by atoms with Crippen molar-refractivity contribution in [2.75, 3.05) is 32.1 Å². The molecule has 0 saturated carbocycles. The number of hydrogen-bond acceptors (Lipinski definition) is 3. The van der Waals surface area contributed by atoms with Gasteiger partial charge in [-0.25, -0.2) is 0 Å². The van der Waals surface area contributed by atoms with E-state index in [1.807, 2.05) is 24.8 Å². The van der Waals surface area contributed by atoms with Crippen LogP contribution in [-0.4, -0.2) is 49.0 Å². The molecule has 14 heavy (non-hydrogen) atoms. The highest BCUT2D eigenvalue weighted by molar-refractivity contribution is 7.99. The van der Waals surface area contributed by atoms with Gasteiger partial charge in [0, 0.05) is 32.1 Å². The molecule has 4 heteroatoms. The summed E-state index contributed by atoms with van der Waals surface area (Å²) in [6.45, 7) is 6.39. The van der Waals surface area contributed by atoms with E-state index >= 15 is 0 Å². The third-order valence-electron chi connectivity index (χ3n) is 1.74. The summed E-state index contributed by atoms with van der Waals surface area (Å²) in [6.07, 6.45) is 1.89. The second-order valence-corrected chi connectivity index (χ2v) is 4.42. The lowest BCUT2D eigenvalue weighted by atomic mass is 10.3. The Bertz CT molecular complexity index is 183. The predicted molar refractivity (Wildman–Crippen MR) is 63.7 cm³/mol. The van der Waals surface area contributed by atoms with Crippen molar-refractivity contribution in [2.45, 2.75) is 13.0 Å². The van der Waals surface area contributed by atoms with Crippen LogP contribution in [-0.2, 0) is 4.79 Å². The molecule has 0 aliphatic rings. The maximum atomic E-state index is 11.4. The first kappa shape index (κ1) is 13.5. The number of carbonyl (C=O) groups is 1. The van der Waals surface area contributed by atoms with Crippen LogP contribution in [0.3, 0.4) is 0 Å². The zero-order chi connectivity index (χ0) is 11.0. The number of likely N-dealkylation sites (N-methyl/N-ethyl adjacent to an activating group) is 1. The minimum absolute atomic E-state index is 0.0886. The number of nitrogens with zero attached hydrogens (tertiary/aromatic N) is 1. The van der Waals surface area contributed by atoms with Gasteiger partial charge in [0.1, 0.15) is 0 Å². The standard InChI is InChI=1S/C10H20N2OS/c1-5-7-14-8-6-11-9(2)10(13)12(3)4/h5,9,11H,1,6-8H2,2-4H3. The highest BCUT2D eigenvalue weighted by atomic mass is 32.2. The van der Waals surface area contributed by atoms with Crippen LogP contribution < -0.4 is 5.32 Å². The van der Waals surface area contributed by atoms with Gasteiger partial charge in [0.2, 0.25) is 5.91 Å². The Labute approximate surface area is 90.9 Å². The SMILES string of the molecule is C=CCSCCNC(C)C(=O)N(C)C. The summed E-state index contributed by atoms with van der Waals surface area (Å²) in [7, 11) is 3.54. The Hall–Kier alpha value is -0.480. The van der Waals surface area contributed by atoms with Crippen LogP contribution in [0.1, 0.15) is 6.92 Å². The number of hydrogen-bond donors (Lipinski definition) is 1. The van der Waals surface area contributed by atoms with E-state index < -0.39 is 0 Å². The number of rotatable bonds is 7. The molecule has 0 aliphatic heterocycles. The van der Waals surface area contributed by atoms with Gasteiger partial charge in [-0.1, -0.05) is 6.08 Å². The molecule has 0 spiro atoms. The first-order valence-corrected chi connectivity index (χ1v) is 5.88. The minimum Gasteiger partial charge on any atom is -0.347 e. The van der Waals surface area contributed by atoms with Gasteiger partial charge in [-0.3, -0.25) is 4.79 Å². The Kier molecular flexibility index (Phi) is 7.61. The number of carbonyl (C=O) groups excluding carboxylic acids is 1. The largest absolute Gasteiger partial charge is 0.347 e. The lowest BCUT2D eigenvalue weighted by molar-refractivity contribution is -0.130. The van der Waals surface area contributed by atoms with Gasteiger partial charge in [0.15, 0.2) is 0 Å². The first-order chi connectivity index (χ1) is 6.59.